The van der Waals surface area contributed by atoms with Gasteiger partial charge in [-0.05, 0) is 61.2 Å². The molecule has 5 heteroatoms. The highest BCUT2D eigenvalue weighted by Crippen LogP contribution is 2.24. The molecule has 0 spiro atoms. The van der Waals surface area contributed by atoms with Crippen molar-refractivity contribution in [2.45, 2.75) is 33.6 Å². The first kappa shape index (κ1) is 19.5. The molecule has 2 aromatic carbocycles. The van der Waals surface area contributed by atoms with Gasteiger partial charge in [-0.3, -0.25) is 9.59 Å². The van der Waals surface area contributed by atoms with Gasteiger partial charge in [0.1, 0.15) is 5.75 Å². The second-order valence-corrected chi connectivity index (χ2v) is 6.45. The van der Waals surface area contributed by atoms with Crippen molar-refractivity contribution in [3.63, 3.8) is 0 Å². The van der Waals surface area contributed by atoms with Gasteiger partial charge in [-0.25, -0.2) is 0 Å². The first-order chi connectivity index (χ1) is 12.4. The van der Waals surface area contributed by atoms with Gasteiger partial charge in [0.15, 0.2) is 6.61 Å². The predicted octanol–water partition coefficient (Wildman–Crippen LogP) is 3.89. The first-order valence-electron chi connectivity index (χ1n) is 8.82. The lowest BCUT2D eigenvalue weighted by Crippen LogP contribution is -2.23. The highest BCUT2D eigenvalue weighted by Gasteiger charge is 2.09. The van der Waals surface area contributed by atoms with Gasteiger partial charge in [0.05, 0.1) is 0 Å². The summed E-state index contributed by atoms with van der Waals surface area (Å²) < 4.78 is 5.68. The van der Waals surface area contributed by atoms with Crippen molar-refractivity contribution in [3.8, 4) is 5.75 Å². The van der Waals surface area contributed by atoms with E-state index in [4.69, 9.17) is 4.74 Å². The molecule has 0 aliphatic rings. The van der Waals surface area contributed by atoms with Crippen LogP contribution in [0, 0.1) is 6.92 Å². The van der Waals surface area contributed by atoms with Crippen LogP contribution in [0.15, 0.2) is 42.5 Å². The van der Waals surface area contributed by atoms with Crippen LogP contribution in [0.3, 0.4) is 0 Å². The zero-order valence-corrected chi connectivity index (χ0v) is 15.8. The number of amides is 2. The van der Waals surface area contributed by atoms with Crippen LogP contribution >= 0.6 is 0 Å². The smallest absolute Gasteiger partial charge is 0.262 e. The number of carbonyl (C=O) groups excluding carboxylic acids is 2. The molecule has 2 rings (SSSR count). The summed E-state index contributed by atoms with van der Waals surface area (Å²) in [6.45, 7) is 8.56. The van der Waals surface area contributed by atoms with Gasteiger partial charge < -0.3 is 15.4 Å². The van der Waals surface area contributed by atoms with Crippen molar-refractivity contribution in [3.05, 3.63) is 59.2 Å². The predicted molar refractivity (Wildman–Crippen MR) is 104 cm³/mol. The Balaban J connectivity index is 1.93. The SMILES string of the molecule is CCNC(=O)c1ccc(NC(=O)COc2cc(C(C)C)ccc2C)cc1. The highest BCUT2D eigenvalue weighted by atomic mass is 16.5. The second-order valence-electron chi connectivity index (χ2n) is 6.45. The molecule has 0 aliphatic carbocycles. The van der Waals surface area contributed by atoms with Crippen LogP contribution in [0.4, 0.5) is 5.69 Å². The number of anilines is 1. The summed E-state index contributed by atoms with van der Waals surface area (Å²) in [5.74, 6) is 0.743. The Kier molecular flexibility index (Phi) is 6.78. The molecule has 0 unspecified atom stereocenters. The van der Waals surface area contributed by atoms with Crippen LogP contribution in [-0.2, 0) is 4.79 Å². The van der Waals surface area contributed by atoms with Gasteiger partial charge in [0, 0.05) is 17.8 Å². The Morgan fingerprint density at radius 2 is 1.77 bits per heavy atom. The minimum absolute atomic E-state index is 0.0690. The van der Waals surface area contributed by atoms with E-state index in [1.165, 1.54) is 5.56 Å². The molecular formula is C21H26N2O3. The fourth-order valence-electron chi connectivity index (χ4n) is 2.44. The molecule has 0 saturated carbocycles. The number of ether oxygens (including phenoxy) is 1. The van der Waals surface area contributed by atoms with Gasteiger partial charge in [-0.2, -0.15) is 0 Å². The van der Waals surface area contributed by atoms with Crippen molar-refractivity contribution < 1.29 is 14.3 Å². The molecule has 0 aliphatic heterocycles. The minimum Gasteiger partial charge on any atom is -0.483 e. The topological polar surface area (TPSA) is 67.4 Å². The summed E-state index contributed by atoms with van der Waals surface area (Å²) in [5.41, 5.74) is 3.35. The monoisotopic (exact) mass is 354 g/mol. The van der Waals surface area contributed by atoms with E-state index < -0.39 is 0 Å². The number of benzene rings is 2. The molecule has 0 fully saturated rings. The molecule has 5 nitrogen and oxygen atoms in total. The Morgan fingerprint density at radius 3 is 2.38 bits per heavy atom. The van der Waals surface area contributed by atoms with E-state index in [0.29, 0.717) is 23.7 Å². The van der Waals surface area contributed by atoms with Crippen LogP contribution in [0.1, 0.15) is 48.2 Å². The summed E-state index contributed by atoms with van der Waals surface area (Å²) in [7, 11) is 0. The molecule has 2 N–H and O–H groups in total. The average Bonchev–Trinajstić information content (AvgIpc) is 2.61. The molecule has 0 atom stereocenters. The van der Waals surface area contributed by atoms with Crippen LogP contribution in [0.2, 0.25) is 0 Å². The van der Waals surface area contributed by atoms with E-state index in [2.05, 4.69) is 30.5 Å². The molecule has 0 radical (unpaired) electrons. The Bertz CT molecular complexity index is 767. The lowest BCUT2D eigenvalue weighted by atomic mass is 10.0. The zero-order valence-electron chi connectivity index (χ0n) is 15.8. The number of aryl methyl sites for hydroxylation is 1. The van der Waals surface area contributed by atoms with Crippen molar-refractivity contribution >= 4 is 17.5 Å². The summed E-state index contributed by atoms with van der Waals surface area (Å²) in [6, 6.07) is 12.8. The molecule has 0 saturated heterocycles. The van der Waals surface area contributed by atoms with Gasteiger partial charge in [0.25, 0.3) is 11.8 Å². The Morgan fingerprint density at radius 1 is 1.08 bits per heavy atom. The molecule has 0 aromatic heterocycles. The average molecular weight is 354 g/mol. The van der Waals surface area contributed by atoms with Gasteiger partial charge in [-0.1, -0.05) is 26.0 Å². The van der Waals surface area contributed by atoms with Crippen LogP contribution in [0.5, 0.6) is 5.75 Å². The molecule has 0 heterocycles. The molecule has 2 aromatic rings. The van der Waals surface area contributed by atoms with E-state index in [1.807, 2.05) is 26.0 Å². The lowest BCUT2D eigenvalue weighted by molar-refractivity contribution is -0.118. The Labute approximate surface area is 154 Å². The van der Waals surface area contributed by atoms with Gasteiger partial charge >= 0.3 is 0 Å². The van der Waals surface area contributed by atoms with E-state index >= 15 is 0 Å². The first-order valence-corrected chi connectivity index (χ1v) is 8.82. The Hall–Kier alpha value is -2.82. The van der Waals surface area contributed by atoms with Crippen LogP contribution < -0.4 is 15.4 Å². The molecule has 0 bridgehead atoms. The third kappa shape index (κ3) is 5.34. The summed E-state index contributed by atoms with van der Waals surface area (Å²) >= 11 is 0. The summed E-state index contributed by atoms with van der Waals surface area (Å²) in [5, 5.41) is 5.50. The van der Waals surface area contributed by atoms with E-state index in [-0.39, 0.29) is 18.4 Å². The highest BCUT2D eigenvalue weighted by molar-refractivity contribution is 5.96. The maximum absolute atomic E-state index is 12.1. The van der Waals surface area contributed by atoms with E-state index in [9.17, 15) is 9.59 Å². The number of hydrogen-bond donors (Lipinski definition) is 2. The van der Waals surface area contributed by atoms with Crippen molar-refractivity contribution in [1.82, 2.24) is 5.32 Å². The van der Waals surface area contributed by atoms with Crippen molar-refractivity contribution in [1.29, 1.82) is 0 Å². The van der Waals surface area contributed by atoms with Gasteiger partial charge in [-0.15, -0.1) is 0 Å². The maximum Gasteiger partial charge on any atom is 0.262 e. The van der Waals surface area contributed by atoms with Gasteiger partial charge in [0.2, 0.25) is 0 Å². The number of carbonyl (C=O) groups is 2. The van der Waals surface area contributed by atoms with Crippen LogP contribution in [-0.4, -0.2) is 25.0 Å². The standard InChI is InChI=1S/C21H26N2O3/c1-5-22-21(25)16-8-10-18(11-9-16)23-20(24)13-26-19-12-17(14(2)3)7-6-15(19)4/h6-12,14H,5,13H2,1-4H3,(H,22,25)(H,23,24). The fraction of sp³-hybridized carbons (Fsp3) is 0.333. The zero-order chi connectivity index (χ0) is 19.1. The van der Waals surface area contributed by atoms with Crippen molar-refractivity contribution in [2.75, 3.05) is 18.5 Å². The fourth-order valence-corrected chi connectivity index (χ4v) is 2.44. The molecule has 2 amide bonds. The second kappa shape index (κ2) is 9.04. The number of nitrogens with one attached hydrogen (secondary N) is 2. The molecule has 138 valence electrons. The maximum atomic E-state index is 12.1. The number of rotatable bonds is 7. The molecular weight excluding hydrogens is 328 g/mol. The van der Waals surface area contributed by atoms with Crippen LogP contribution in [0.25, 0.3) is 0 Å². The minimum atomic E-state index is -0.245. The normalized spacial score (nSPS) is 10.5. The third-order valence-corrected chi connectivity index (χ3v) is 4.01. The van der Waals surface area contributed by atoms with E-state index in [0.717, 1.165) is 11.3 Å². The summed E-state index contributed by atoms with van der Waals surface area (Å²) in [4.78, 5) is 23.8. The molecule has 26 heavy (non-hydrogen) atoms. The lowest BCUT2D eigenvalue weighted by Gasteiger charge is -2.13. The largest absolute Gasteiger partial charge is 0.483 e. The van der Waals surface area contributed by atoms with E-state index in [1.54, 1.807) is 24.3 Å². The van der Waals surface area contributed by atoms with Crippen molar-refractivity contribution in [2.24, 2.45) is 0 Å². The quantitative estimate of drug-likeness (QED) is 0.793. The summed E-state index contributed by atoms with van der Waals surface area (Å²) in [6.07, 6.45) is 0. The number of hydrogen-bond acceptors (Lipinski definition) is 3. The third-order valence-electron chi connectivity index (χ3n) is 4.01.